The van der Waals surface area contributed by atoms with Gasteiger partial charge in [-0.1, -0.05) is 22.5 Å². The van der Waals surface area contributed by atoms with E-state index < -0.39 is 0 Å². The quantitative estimate of drug-likeness (QED) is 0.401. The molecule has 0 N–H and O–H groups in total. The molecule has 2 rings (SSSR count). The van der Waals surface area contributed by atoms with E-state index in [1.54, 1.807) is 10.4 Å². The van der Waals surface area contributed by atoms with Gasteiger partial charge in [0, 0.05) is 0 Å². The van der Waals surface area contributed by atoms with Crippen molar-refractivity contribution in [2.45, 2.75) is 12.8 Å². The Bertz CT molecular complexity index is 136. The Hall–Kier alpha value is -0.303. The SMILES string of the molecule is C1=C2CCC(=C1)[SiH2]2. The second kappa shape index (κ2) is 1.10. The summed E-state index contributed by atoms with van der Waals surface area (Å²) in [5.41, 5.74) is 0. The number of hydrogen-bond acceptors (Lipinski definition) is 0. The molecule has 2 heterocycles. The van der Waals surface area contributed by atoms with Gasteiger partial charge in [0.15, 0.2) is 0 Å². The van der Waals surface area contributed by atoms with E-state index in [9.17, 15) is 0 Å². The molecule has 7 heavy (non-hydrogen) atoms. The van der Waals surface area contributed by atoms with Crippen molar-refractivity contribution in [1.29, 1.82) is 0 Å². The van der Waals surface area contributed by atoms with Crippen molar-refractivity contribution < 1.29 is 0 Å². The summed E-state index contributed by atoms with van der Waals surface area (Å²) in [5, 5.41) is 3.57. The van der Waals surface area contributed by atoms with Gasteiger partial charge < -0.3 is 0 Å². The topological polar surface area (TPSA) is 0 Å². The number of rotatable bonds is 0. The summed E-state index contributed by atoms with van der Waals surface area (Å²) in [7, 11) is 0.225. The first-order chi connectivity index (χ1) is 3.45. The van der Waals surface area contributed by atoms with Crippen LogP contribution in [0.15, 0.2) is 22.5 Å². The van der Waals surface area contributed by atoms with Crippen LogP contribution in [0.4, 0.5) is 0 Å². The van der Waals surface area contributed by atoms with Crippen LogP contribution in [0.5, 0.6) is 0 Å². The van der Waals surface area contributed by atoms with Crippen LogP contribution in [0.1, 0.15) is 12.8 Å². The minimum atomic E-state index is 0.225. The molecular formula is C6H8Si. The lowest BCUT2D eigenvalue weighted by molar-refractivity contribution is 1.04. The van der Waals surface area contributed by atoms with Crippen molar-refractivity contribution in [3.05, 3.63) is 22.5 Å². The summed E-state index contributed by atoms with van der Waals surface area (Å²) in [6.07, 6.45) is 7.48. The molecule has 0 aromatic heterocycles. The Morgan fingerprint density at radius 1 is 1.14 bits per heavy atom. The van der Waals surface area contributed by atoms with Crippen molar-refractivity contribution in [2.24, 2.45) is 0 Å². The van der Waals surface area contributed by atoms with Crippen LogP contribution in [0.2, 0.25) is 0 Å². The molecule has 0 aliphatic carbocycles. The van der Waals surface area contributed by atoms with E-state index in [1.807, 2.05) is 0 Å². The fraction of sp³-hybridized carbons (Fsp3) is 0.333. The fourth-order valence-corrected chi connectivity index (χ4v) is 3.07. The van der Waals surface area contributed by atoms with Crippen LogP contribution < -0.4 is 0 Å². The fourth-order valence-electron chi connectivity index (χ4n) is 1.31. The number of allylic oxidation sites excluding steroid dienone is 4. The van der Waals surface area contributed by atoms with Gasteiger partial charge >= 0.3 is 0 Å². The highest BCUT2D eigenvalue weighted by molar-refractivity contribution is 6.56. The minimum absolute atomic E-state index is 0.225. The molecule has 2 aliphatic heterocycles. The summed E-state index contributed by atoms with van der Waals surface area (Å²) in [6.45, 7) is 0. The van der Waals surface area contributed by atoms with Crippen LogP contribution >= 0.6 is 0 Å². The molecular weight excluding hydrogens is 100 g/mol. The van der Waals surface area contributed by atoms with Gasteiger partial charge in [0.1, 0.15) is 0 Å². The molecule has 36 valence electrons. The maximum atomic E-state index is 2.32. The molecule has 0 saturated carbocycles. The highest BCUT2D eigenvalue weighted by Crippen LogP contribution is 2.26. The van der Waals surface area contributed by atoms with Crippen molar-refractivity contribution in [3.63, 3.8) is 0 Å². The molecule has 2 aliphatic rings. The van der Waals surface area contributed by atoms with E-state index >= 15 is 0 Å². The van der Waals surface area contributed by atoms with Crippen LogP contribution in [-0.2, 0) is 0 Å². The molecule has 0 amide bonds. The van der Waals surface area contributed by atoms with Crippen LogP contribution in [0.3, 0.4) is 0 Å². The first-order valence-corrected chi connectivity index (χ1v) is 4.24. The second-order valence-corrected chi connectivity index (χ2v) is 4.50. The highest BCUT2D eigenvalue weighted by atomic mass is 28.2. The average Bonchev–Trinajstić information content (AvgIpc) is 2.22. The van der Waals surface area contributed by atoms with Crippen molar-refractivity contribution >= 4 is 9.52 Å². The standard InChI is InChI=1S/C6H8Si/c1-2-6-4-3-5(1)7-6/h1-2H,3-4,7H2. The minimum Gasteiger partial charge on any atom is -0.0827 e. The zero-order chi connectivity index (χ0) is 4.69. The van der Waals surface area contributed by atoms with E-state index in [0.29, 0.717) is 0 Å². The smallest absolute Gasteiger partial charge is 0.0773 e. The zero-order valence-corrected chi connectivity index (χ0v) is 5.69. The lowest BCUT2D eigenvalue weighted by Gasteiger charge is -1.88. The summed E-state index contributed by atoms with van der Waals surface area (Å²) < 4.78 is 0. The molecule has 0 unspecified atom stereocenters. The predicted molar refractivity (Wildman–Crippen MR) is 33.9 cm³/mol. The Balaban J connectivity index is 2.45. The zero-order valence-electron chi connectivity index (χ0n) is 4.28. The average molecular weight is 108 g/mol. The Kier molecular flexibility index (Phi) is 0.576. The van der Waals surface area contributed by atoms with Crippen molar-refractivity contribution in [1.82, 2.24) is 0 Å². The largest absolute Gasteiger partial charge is 0.0827 e. The molecule has 1 fully saturated rings. The summed E-state index contributed by atoms with van der Waals surface area (Å²) in [4.78, 5) is 0. The van der Waals surface area contributed by atoms with E-state index in [-0.39, 0.29) is 9.52 Å². The Morgan fingerprint density at radius 3 is 1.86 bits per heavy atom. The molecule has 0 radical (unpaired) electrons. The van der Waals surface area contributed by atoms with Gasteiger partial charge in [0.2, 0.25) is 0 Å². The third kappa shape index (κ3) is 0.415. The van der Waals surface area contributed by atoms with Gasteiger partial charge in [0.25, 0.3) is 0 Å². The van der Waals surface area contributed by atoms with Crippen molar-refractivity contribution in [2.75, 3.05) is 0 Å². The monoisotopic (exact) mass is 108 g/mol. The number of hydrogen-bond donors (Lipinski definition) is 0. The third-order valence-corrected chi connectivity index (χ3v) is 3.86. The Labute approximate surface area is 45.7 Å². The van der Waals surface area contributed by atoms with Gasteiger partial charge in [-0.05, 0) is 12.8 Å². The molecule has 0 nitrogen and oxygen atoms in total. The highest BCUT2D eigenvalue weighted by Gasteiger charge is 2.15. The summed E-state index contributed by atoms with van der Waals surface area (Å²) >= 11 is 0. The lowest BCUT2D eigenvalue weighted by atomic mass is 10.2. The van der Waals surface area contributed by atoms with E-state index in [4.69, 9.17) is 0 Å². The third-order valence-electron chi connectivity index (χ3n) is 1.78. The molecule has 0 atom stereocenters. The predicted octanol–water partition coefficient (Wildman–Crippen LogP) is 0.730. The normalized spacial score (nSPS) is 25.1. The maximum absolute atomic E-state index is 2.32. The van der Waals surface area contributed by atoms with Gasteiger partial charge in [-0.3, -0.25) is 0 Å². The van der Waals surface area contributed by atoms with Gasteiger partial charge in [0.05, 0.1) is 9.52 Å². The van der Waals surface area contributed by atoms with Gasteiger partial charge in [-0.15, -0.1) is 0 Å². The van der Waals surface area contributed by atoms with E-state index in [0.717, 1.165) is 0 Å². The second-order valence-electron chi connectivity index (χ2n) is 2.33. The van der Waals surface area contributed by atoms with Crippen LogP contribution in [0.25, 0.3) is 0 Å². The van der Waals surface area contributed by atoms with Crippen LogP contribution in [-0.4, -0.2) is 9.52 Å². The molecule has 1 heteroatoms. The molecule has 0 aromatic carbocycles. The van der Waals surface area contributed by atoms with Gasteiger partial charge in [-0.2, -0.15) is 0 Å². The molecule has 0 spiro atoms. The van der Waals surface area contributed by atoms with Crippen molar-refractivity contribution in [3.8, 4) is 0 Å². The molecule has 2 bridgehead atoms. The van der Waals surface area contributed by atoms with E-state index in [1.165, 1.54) is 12.8 Å². The van der Waals surface area contributed by atoms with Crippen LogP contribution in [0, 0.1) is 0 Å². The Morgan fingerprint density at radius 2 is 1.71 bits per heavy atom. The summed E-state index contributed by atoms with van der Waals surface area (Å²) in [5.74, 6) is 0. The lowest BCUT2D eigenvalue weighted by Crippen LogP contribution is -1.78. The van der Waals surface area contributed by atoms with E-state index in [2.05, 4.69) is 12.2 Å². The van der Waals surface area contributed by atoms with Gasteiger partial charge in [-0.25, -0.2) is 0 Å². The first-order valence-electron chi connectivity index (χ1n) is 2.82. The number of fused-ring (bicyclic) bond motifs is 2. The molecule has 0 aromatic rings. The summed E-state index contributed by atoms with van der Waals surface area (Å²) in [6, 6.07) is 0. The maximum Gasteiger partial charge on any atom is 0.0773 e. The first kappa shape index (κ1) is 3.67. The molecule has 1 saturated heterocycles.